The molecule has 1 fully saturated rings. The SMILES string of the molecule is CCCC(C)CC(=O)N1CCC(Cc2cccc(F)c2)CC1. The predicted molar refractivity (Wildman–Crippen MR) is 88.1 cm³/mol. The largest absolute Gasteiger partial charge is 0.343 e. The number of benzene rings is 1. The highest BCUT2D eigenvalue weighted by Gasteiger charge is 2.23. The maximum atomic E-state index is 13.2. The van der Waals surface area contributed by atoms with Crippen molar-refractivity contribution in [2.24, 2.45) is 11.8 Å². The monoisotopic (exact) mass is 305 g/mol. The first-order chi connectivity index (χ1) is 10.6. The van der Waals surface area contributed by atoms with Crippen molar-refractivity contribution in [2.45, 2.75) is 52.4 Å². The third-order valence-corrected chi connectivity index (χ3v) is 4.69. The molecule has 0 radical (unpaired) electrons. The first kappa shape index (κ1) is 17.0. The Labute approximate surface area is 133 Å². The van der Waals surface area contributed by atoms with E-state index in [1.54, 1.807) is 12.1 Å². The van der Waals surface area contributed by atoms with Crippen LogP contribution in [0.15, 0.2) is 24.3 Å². The minimum atomic E-state index is -0.157. The fourth-order valence-electron chi connectivity index (χ4n) is 3.41. The highest BCUT2D eigenvalue weighted by Crippen LogP contribution is 2.23. The fraction of sp³-hybridized carbons (Fsp3) is 0.632. The third-order valence-electron chi connectivity index (χ3n) is 4.69. The van der Waals surface area contributed by atoms with Crippen LogP contribution in [-0.2, 0) is 11.2 Å². The number of carbonyl (C=O) groups is 1. The molecule has 1 aromatic carbocycles. The summed E-state index contributed by atoms with van der Waals surface area (Å²) < 4.78 is 13.2. The van der Waals surface area contributed by atoms with Gasteiger partial charge < -0.3 is 4.90 Å². The zero-order chi connectivity index (χ0) is 15.9. The molecule has 1 unspecified atom stereocenters. The van der Waals surface area contributed by atoms with Gasteiger partial charge in [-0.3, -0.25) is 4.79 Å². The molecule has 1 aliphatic heterocycles. The van der Waals surface area contributed by atoms with Crippen molar-refractivity contribution in [1.82, 2.24) is 4.90 Å². The van der Waals surface area contributed by atoms with Gasteiger partial charge in [0.1, 0.15) is 5.82 Å². The molecule has 1 atom stereocenters. The number of amides is 1. The van der Waals surface area contributed by atoms with Crippen LogP contribution >= 0.6 is 0 Å². The second-order valence-electron chi connectivity index (χ2n) is 6.76. The minimum absolute atomic E-state index is 0.157. The van der Waals surface area contributed by atoms with Gasteiger partial charge in [0, 0.05) is 19.5 Å². The summed E-state index contributed by atoms with van der Waals surface area (Å²) in [7, 11) is 0. The van der Waals surface area contributed by atoms with Crippen molar-refractivity contribution in [1.29, 1.82) is 0 Å². The van der Waals surface area contributed by atoms with Crippen molar-refractivity contribution in [3.8, 4) is 0 Å². The van der Waals surface area contributed by atoms with Crippen molar-refractivity contribution < 1.29 is 9.18 Å². The van der Waals surface area contributed by atoms with Crippen molar-refractivity contribution in [2.75, 3.05) is 13.1 Å². The summed E-state index contributed by atoms with van der Waals surface area (Å²) in [6, 6.07) is 6.89. The van der Waals surface area contributed by atoms with Crippen LogP contribution in [0.5, 0.6) is 0 Å². The highest BCUT2D eigenvalue weighted by molar-refractivity contribution is 5.76. The molecular weight excluding hydrogens is 277 g/mol. The maximum absolute atomic E-state index is 13.2. The molecule has 0 spiro atoms. The Hall–Kier alpha value is -1.38. The summed E-state index contributed by atoms with van der Waals surface area (Å²) >= 11 is 0. The van der Waals surface area contributed by atoms with E-state index in [-0.39, 0.29) is 5.82 Å². The predicted octanol–water partition coefficient (Wildman–Crippen LogP) is 4.43. The molecule has 0 aliphatic carbocycles. The molecule has 1 aromatic rings. The van der Waals surface area contributed by atoms with Gasteiger partial charge in [0.2, 0.25) is 5.91 Å². The lowest BCUT2D eigenvalue weighted by Crippen LogP contribution is -2.39. The van der Waals surface area contributed by atoms with Crippen LogP contribution < -0.4 is 0 Å². The van der Waals surface area contributed by atoms with E-state index in [0.717, 1.165) is 50.8 Å². The summed E-state index contributed by atoms with van der Waals surface area (Å²) in [5.41, 5.74) is 1.07. The molecule has 3 heteroatoms. The second-order valence-corrected chi connectivity index (χ2v) is 6.76. The Kier molecular flexibility index (Phi) is 6.41. The van der Waals surface area contributed by atoms with Gasteiger partial charge in [-0.2, -0.15) is 0 Å². The first-order valence-corrected chi connectivity index (χ1v) is 8.60. The number of piperidine rings is 1. The van der Waals surface area contributed by atoms with E-state index in [2.05, 4.69) is 13.8 Å². The van der Waals surface area contributed by atoms with Crippen LogP contribution in [0.3, 0.4) is 0 Å². The van der Waals surface area contributed by atoms with Crippen LogP contribution in [0.4, 0.5) is 4.39 Å². The average molecular weight is 305 g/mol. The number of hydrogen-bond acceptors (Lipinski definition) is 1. The molecule has 1 aliphatic rings. The number of nitrogens with zero attached hydrogens (tertiary/aromatic N) is 1. The van der Waals surface area contributed by atoms with Gasteiger partial charge in [-0.05, 0) is 48.8 Å². The molecule has 0 N–H and O–H groups in total. The summed E-state index contributed by atoms with van der Waals surface area (Å²) in [4.78, 5) is 14.3. The molecule has 22 heavy (non-hydrogen) atoms. The van der Waals surface area contributed by atoms with Gasteiger partial charge in [0.05, 0.1) is 0 Å². The maximum Gasteiger partial charge on any atom is 0.222 e. The molecule has 2 nitrogen and oxygen atoms in total. The minimum Gasteiger partial charge on any atom is -0.343 e. The molecule has 0 saturated carbocycles. The summed E-state index contributed by atoms with van der Waals surface area (Å²) in [5, 5.41) is 0. The number of rotatable bonds is 6. The van der Waals surface area contributed by atoms with Crippen LogP contribution in [0.25, 0.3) is 0 Å². The van der Waals surface area contributed by atoms with Gasteiger partial charge >= 0.3 is 0 Å². The molecule has 122 valence electrons. The molecule has 0 bridgehead atoms. The number of likely N-dealkylation sites (tertiary alicyclic amines) is 1. The van der Waals surface area contributed by atoms with Crippen LogP contribution in [0, 0.1) is 17.7 Å². The van der Waals surface area contributed by atoms with Gasteiger partial charge in [-0.1, -0.05) is 38.8 Å². The molecule has 1 heterocycles. The van der Waals surface area contributed by atoms with Gasteiger partial charge in [0.25, 0.3) is 0 Å². The van der Waals surface area contributed by atoms with Crippen molar-refractivity contribution >= 4 is 5.91 Å². The molecule has 1 saturated heterocycles. The zero-order valence-electron chi connectivity index (χ0n) is 13.9. The topological polar surface area (TPSA) is 20.3 Å². The third kappa shape index (κ3) is 5.11. The Bertz CT molecular complexity index is 480. The van der Waals surface area contributed by atoms with Gasteiger partial charge in [0.15, 0.2) is 0 Å². The lowest BCUT2D eigenvalue weighted by molar-refractivity contribution is -0.133. The lowest BCUT2D eigenvalue weighted by atomic mass is 9.89. The van der Waals surface area contributed by atoms with E-state index < -0.39 is 0 Å². The van der Waals surface area contributed by atoms with E-state index in [0.29, 0.717) is 24.2 Å². The second kappa shape index (κ2) is 8.30. The quantitative estimate of drug-likeness (QED) is 0.761. The van der Waals surface area contributed by atoms with E-state index in [1.807, 2.05) is 11.0 Å². The Morgan fingerprint density at radius 2 is 2.09 bits per heavy atom. The normalized spacial score (nSPS) is 17.5. The summed E-state index contributed by atoms with van der Waals surface area (Å²) in [5.74, 6) is 1.21. The fourth-order valence-corrected chi connectivity index (χ4v) is 3.41. The number of hydrogen-bond donors (Lipinski definition) is 0. The average Bonchev–Trinajstić information content (AvgIpc) is 2.48. The number of carbonyl (C=O) groups excluding carboxylic acids is 1. The first-order valence-electron chi connectivity index (χ1n) is 8.60. The molecular formula is C19H28FNO. The van der Waals surface area contributed by atoms with Crippen LogP contribution in [0.1, 0.15) is 51.5 Å². The van der Waals surface area contributed by atoms with Gasteiger partial charge in [-0.25, -0.2) is 4.39 Å². The molecule has 0 aromatic heterocycles. The van der Waals surface area contributed by atoms with E-state index in [1.165, 1.54) is 6.07 Å². The Morgan fingerprint density at radius 3 is 2.73 bits per heavy atom. The van der Waals surface area contributed by atoms with Crippen molar-refractivity contribution in [3.63, 3.8) is 0 Å². The number of halogens is 1. The molecule has 1 amide bonds. The van der Waals surface area contributed by atoms with E-state index >= 15 is 0 Å². The summed E-state index contributed by atoms with van der Waals surface area (Å²) in [6.07, 6.45) is 5.94. The molecule has 2 rings (SSSR count). The Morgan fingerprint density at radius 1 is 1.36 bits per heavy atom. The van der Waals surface area contributed by atoms with Crippen LogP contribution in [0.2, 0.25) is 0 Å². The lowest BCUT2D eigenvalue weighted by Gasteiger charge is -2.32. The standard InChI is InChI=1S/C19H28FNO/c1-3-5-15(2)12-19(22)21-10-8-16(9-11-21)13-17-6-4-7-18(20)14-17/h4,6-7,14-16H,3,5,8-13H2,1-2H3. The zero-order valence-corrected chi connectivity index (χ0v) is 13.9. The Balaban J connectivity index is 1.76. The van der Waals surface area contributed by atoms with E-state index in [4.69, 9.17) is 0 Å². The highest BCUT2D eigenvalue weighted by atomic mass is 19.1. The van der Waals surface area contributed by atoms with E-state index in [9.17, 15) is 9.18 Å². The van der Waals surface area contributed by atoms with Crippen molar-refractivity contribution in [3.05, 3.63) is 35.6 Å². The van der Waals surface area contributed by atoms with Gasteiger partial charge in [-0.15, -0.1) is 0 Å². The van der Waals surface area contributed by atoms with Crippen LogP contribution in [-0.4, -0.2) is 23.9 Å². The summed E-state index contributed by atoms with van der Waals surface area (Å²) in [6.45, 7) is 6.05. The smallest absolute Gasteiger partial charge is 0.222 e.